The highest BCUT2D eigenvalue weighted by Crippen LogP contribution is 2.27. The Bertz CT molecular complexity index is 632. The van der Waals surface area contributed by atoms with E-state index in [9.17, 15) is 4.79 Å². The van der Waals surface area contributed by atoms with Crippen LogP contribution in [0, 0.1) is 0 Å². The number of thioether (sulfide) groups is 1. The van der Waals surface area contributed by atoms with Crippen LogP contribution < -0.4 is 5.69 Å². The van der Waals surface area contributed by atoms with Gasteiger partial charge in [0.25, 0.3) is 0 Å². The molecule has 2 heterocycles. The summed E-state index contributed by atoms with van der Waals surface area (Å²) < 4.78 is 7.12. The molecule has 0 spiro atoms. The molecule has 1 aliphatic rings. The third kappa shape index (κ3) is 2.34. The summed E-state index contributed by atoms with van der Waals surface area (Å²) in [4.78, 5) is 16.4. The van der Waals surface area contributed by atoms with E-state index in [2.05, 4.69) is 4.98 Å². The number of hydrogen-bond donors (Lipinski definition) is 0. The van der Waals surface area contributed by atoms with Crippen LogP contribution >= 0.6 is 11.8 Å². The lowest BCUT2D eigenvalue weighted by Gasteiger charge is -2.21. The molecule has 0 radical (unpaired) electrons. The van der Waals surface area contributed by atoms with Gasteiger partial charge >= 0.3 is 5.69 Å². The molecule has 0 N–H and O–H groups in total. The Morgan fingerprint density at radius 3 is 3.00 bits per heavy atom. The Morgan fingerprint density at radius 2 is 2.26 bits per heavy atom. The molecule has 0 atom stereocenters. The van der Waals surface area contributed by atoms with Crippen LogP contribution in [-0.4, -0.2) is 15.8 Å². The van der Waals surface area contributed by atoms with Gasteiger partial charge in [0.2, 0.25) is 0 Å². The molecule has 0 aliphatic heterocycles. The number of nitrogens with zero attached hydrogens (tertiary/aromatic N) is 2. The molecule has 0 unspecified atom stereocenters. The van der Waals surface area contributed by atoms with Crippen molar-refractivity contribution in [2.45, 2.75) is 37.3 Å². The number of hydrogen-bond acceptors (Lipinski definition) is 4. The van der Waals surface area contributed by atoms with Crippen molar-refractivity contribution in [3.63, 3.8) is 0 Å². The van der Waals surface area contributed by atoms with E-state index in [4.69, 9.17) is 4.42 Å². The molecule has 4 nitrogen and oxygen atoms in total. The maximum atomic E-state index is 12.2. The number of furan rings is 1. The zero-order valence-electron chi connectivity index (χ0n) is 10.9. The lowest BCUT2D eigenvalue weighted by atomic mass is 9.97. The van der Waals surface area contributed by atoms with Crippen LogP contribution in [0.25, 0.3) is 0 Å². The highest BCUT2D eigenvalue weighted by Gasteiger charge is 2.20. The first-order valence-electron chi connectivity index (χ1n) is 6.48. The highest BCUT2D eigenvalue weighted by molar-refractivity contribution is 7.98. The van der Waals surface area contributed by atoms with E-state index in [0.29, 0.717) is 6.54 Å². The molecule has 1 aliphatic carbocycles. The second-order valence-corrected chi connectivity index (χ2v) is 5.50. The number of aromatic nitrogens is 2. The second kappa shape index (κ2) is 5.25. The molecule has 0 amide bonds. The topological polar surface area (TPSA) is 48.0 Å². The van der Waals surface area contributed by atoms with Crippen LogP contribution in [0.15, 0.2) is 32.6 Å². The van der Waals surface area contributed by atoms with Gasteiger partial charge in [0.05, 0.1) is 12.8 Å². The van der Waals surface area contributed by atoms with E-state index in [1.807, 2.05) is 18.4 Å². The molecule has 19 heavy (non-hydrogen) atoms. The van der Waals surface area contributed by atoms with E-state index in [-0.39, 0.29) is 5.69 Å². The van der Waals surface area contributed by atoms with Gasteiger partial charge < -0.3 is 4.42 Å². The minimum Gasteiger partial charge on any atom is -0.467 e. The van der Waals surface area contributed by atoms with Gasteiger partial charge in [-0.15, -0.1) is 11.8 Å². The number of rotatable bonds is 3. The molecule has 2 aromatic rings. The summed E-state index contributed by atoms with van der Waals surface area (Å²) in [5.41, 5.74) is 2.23. The van der Waals surface area contributed by atoms with Gasteiger partial charge in [0.15, 0.2) is 0 Å². The van der Waals surface area contributed by atoms with Crippen molar-refractivity contribution in [2.24, 2.45) is 0 Å². The first kappa shape index (κ1) is 12.5. The molecule has 0 bridgehead atoms. The predicted molar refractivity (Wildman–Crippen MR) is 74.7 cm³/mol. The predicted octanol–water partition coefficient (Wildman–Crippen LogP) is 2.49. The van der Waals surface area contributed by atoms with Crippen molar-refractivity contribution in [2.75, 3.05) is 6.26 Å². The summed E-state index contributed by atoms with van der Waals surface area (Å²) in [5, 5.41) is 0.899. The summed E-state index contributed by atoms with van der Waals surface area (Å²) in [7, 11) is 0. The van der Waals surface area contributed by atoms with Gasteiger partial charge in [-0.1, -0.05) is 0 Å². The third-order valence-electron chi connectivity index (χ3n) is 3.54. The summed E-state index contributed by atoms with van der Waals surface area (Å²) in [6.45, 7) is 0.482. The van der Waals surface area contributed by atoms with Crippen LogP contribution in [0.3, 0.4) is 0 Å². The number of fused-ring (bicyclic) bond motifs is 1. The van der Waals surface area contributed by atoms with Gasteiger partial charge in [0, 0.05) is 11.3 Å². The van der Waals surface area contributed by atoms with Crippen molar-refractivity contribution >= 4 is 11.8 Å². The monoisotopic (exact) mass is 276 g/mol. The molecule has 0 fully saturated rings. The maximum Gasteiger partial charge on any atom is 0.349 e. The van der Waals surface area contributed by atoms with Crippen molar-refractivity contribution in [3.05, 3.63) is 45.9 Å². The third-order valence-corrected chi connectivity index (χ3v) is 4.26. The SMILES string of the molecule is CSc1nc(=O)n(Cc2ccco2)c2c1CCCC2. The van der Waals surface area contributed by atoms with Gasteiger partial charge in [-0.2, -0.15) is 4.98 Å². The Hall–Kier alpha value is -1.49. The molecule has 0 aromatic carbocycles. The fourth-order valence-electron chi connectivity index (χ4n) is 2.64. The molecule has 5 heteroatoms. The second-order valence-electron chi connectivity index (χ2n) is 4.70. The van der Waals surface area contributed by atoms with Crippen molar-refractivity contribution < 1.29 is 4.42 Å². The van der Waals surface area contributed by atoms with Crippen molar-refractivity contribution in [1.29, 1.82) is 0 Å². The molecule has 100 valence electrons. The van der Waals surface area contributed by atoms with E-state index < -0.39 is 0 Å². The Kier molecular flexibility index (Phi) is 3.46. The fourth-order valence-corrected chi connectivity index (χ4v) is 3.27. The minimum atomic E-state index is -0.165. The lowest BCUT2D eigenvalue weighted by molar-refractivity contribution is 0.471. The van der Waals surface area contributed by atoms with Gasteiger partial charge in [0.1, 0.15) is 10.8 Å². The van der Waals surface area contributed by atoms with E-state index >= 15 is 0 Å². The maximum absolute atomic E-state index is 12.2. The highest BCUT2D eigenvalue weighted by atomic mass is 32.2. The minimum absolute atomic E-state index is 0.165. The molecular weight excluding hydrogens is 260 g/mol. The van der Waals surface area contributed by atoms with Crippen LogP contribution in [0.2, 0.25) is 0 Å². The molecule has 2 aromatic heterocycles. The van der Waals surface area contributed by atoms with Gasteiger partial charge in [-0.25, -0.2) is 4.79 Å². The molecule has 0 saturated heterocycles. The zero-order valence-corrected chi connectivity index (χ0v) is 11.7. The van der Waals surface area contributed by atoms with Gasteiger partial charge in [-0.05, 0) is 44.1 Å². The smallest absolute Gasteiger partial charge is 0.349 e. The van der Waals surface area contributed by atoms with E-state index in [1.165, 1.54) is 12.0 Å². The fraction of sp³-hybridized carbons (Fsp3) is 0.429. The zero-order chi connectivity index (χ0) is 13.2. The Morgan fingerprint density at radius 1 is 1.42 bits per heavy atom. The first-order chi connectivity index (χ1) is 9.29. The average Bonchev–Trinajstić information content (AvgIpc) is 2.94. The summed E-state index contributed by atoms with van der Waals surface area (Å²) >= 11 is 1.57. The Labute approximate surface area is 115 Å². The first-order valence-corrected chi connectivity index (χ1v) is 7.71. The van der Waals surface area contributed by atoms with E-state index in [1.54, 1.807) is 22.6 Å². The summed E-state index contributed by atoms with van der Waals surface area (Å²) in [6.07, 6.45) is 7.92. The quantitative estimate of drug-likeness (QED) is 0.638. The van der Waals surface area contributed by atoms with Crippen molar-refractivity contribution in [1.82, 2.24) is 9.55 Å². The van der Waals surface area contributed by atoms with Crippen LogP contribution in [0.4, 0.5) is 0 Å². The normalized spacial score (nSPS) is 14.4. The van der Waals surface area contributed by atoms with Crippen LogP contribution in [0.1, 0.15) is 29.9 Å². The standard InChI is InChI=1S/C14H16N2O2S/c1-19-13-11-6-2-3-7-12(11)16(14(17)15-13)9-10-5-4-8-18-10/h4-5,8H,2-3,6-7,9H2,1H3. The molecule has 3 rings (SSSR count). The summed E-state index contributed by atoms with van der Waals surface area (Å²) in [6, 6.07) is 3.74. The van der Waals surface area contributed by atoms with Gasteiger partial charge in [-0.3, -0.25) is 4.57 Å². The molecule has 0 saturated carbocycles. The van der Waals surface area contributed by atoms with Crippen molar-refractivity contribution in [3.8, 4) is 0 Å². The van der Waals surface area contributed by atoms with Crippen LogP contribution in [0.5, 0.6) is 0 Å². The van der Waals surface area contributed by atoms with E-state index in [0.717, 1.165) is 35.7 Å². The average molecular weight is 276 g/mol. The largest absolute Gasteiger partial charge is 0.467 e. The Balaban J connectivity index is 2.10. The summed E-state index contributed by atoms with van der Waals surface area (Å²) in [5.74, 6) is 0.800. The molecular formula is C14H16N2O2S. The van der Waals surface area contributed by atoms with Crippen LogP contribution in [-0.2, 0) is 19.4 Å². The lowest BCUT2D eigenvalue weighted by Crippen LogP contribution is -2.30.